The number of hydrogen-bond acceptors (Lipinski definition) is 5. The van der Waals surface area contributed by atoms with Gasteiger partial charge in [-0.2, -0.15) is 11.8 Å². The first-order chi connectivity index (χ1) is 8.26. The summed E-state index contributed by atoms with van der Waals surface area (Å²) in [6.07, 6.45) is 2.44. The van der Waals surface area contributed by atoms with Gasteiger partial charge in [-0.05, 0) is 41.2 Å². The third kappa shape index (κ3) is 3.03. The van der Waals surface area contributed by atoms with E-state index in [4.69, 9.17) is 4.74 Å². The lowest BCUT2D eigenvalue weighted by Crippen LogP contribution is -2.09. The summed E-state index contributed by atoms with van der Waals surface area (Å²) in [4.78, 5) is 9.26. The molecule has 94 valence electrons. The van der Waals surface area contributed by atoms with Crippen LogP contribution in [-0.2, 0) is 11.3 Å². The molecule has 4 nitrogen and oxygen atoms in total. The van der Waals surface area contributed by atoms with Gasteiger partial charge in [0.05, 0.1) is 21.1 Å². The van der Waals surface area contributed by atoms with Gasteiger partial charge in [-0.1, -0.05) is 0 Å². The molecule has 1 aliphatic heterocycles. The summed E-state index contributed by atoms with van der Waals surface area (Å²) in [6.45, 7) is 0.542. The van der Waals surface area contributed by atoms with Gasteiger partial charge in [0.25, 0.3) is 0 Å². The van der Waals surface area contributed by atoms with Crippen LogP contribution in [0.25, 0.3) is 0 Å². The molecule has 1 saturated heterocycles. The molecule has 1 aromatic rings. The van der Waals surface area contributed by atoms with Crippen LogP contribution >= 0.6 is 34.4 Å². The summed E-state index contributed by atoms with van der Waals surface area (Å²) in [5.41, 5.74) is 0.981. The van der Waals surface area contributed by atoms with Crippen LogP contribution in [0.5, 0.6) is 0 Å². The monoisotopic (exact) mass is 365 g/mol. The number of aromatic nitrogens is 2. The molecule has 0 spiro atoms. The van der Waals surface area contributed by atoms with Gasteiger partial charge in [0.2, 0.25) is 0 Å². The first-order valence-electron chi connectivity index (χ1n) is 5.61. The first kappa shape index (κ1) is 13.4. The predicted octanol–water partition coefficient (Wildman–Crippen LogP) is 2.84. The van der Waals surface area contributed by atoms with Gasteiger partial charge in [0.15, 0.2) is 0 Å². The molecule has 0 amide bonds. The van der Waals surface area contributed by atoms with E-state index in [0.717, 1.165) is 20.9 Å². The second-order valence-electron chi connectivity index (χ2n) is 3.88. The van der Waals surface area contributed by atoms with E-state index in [9.17, 15) is 0 Å². The number of hydrogen-bond donors (Lipinski definition) is 1. The van der Waals surface area contributed by atoms with E-state index in [1.165, 1.54) is 18.6 Å². The van der Waals surface area contributed by atoms with Crippen molar-refractivity contribution in [3.8, 4) is 0 Å². The molecule has 0 aromatic carbocycles. The van der Waals surface area contributed by atoms with Gasteiger partial charge in [-0.15, -0.1) is 0 Å². The molecule has 1 unspecified atom stereocenters. The molecule has 0 aliphatic carbocycles. The van der Waals surface area contributed by atoms with Gasteiger partial charge in [-0.25, -0.2) is 9.97 Å². The molecule has 0 radical (unpaired) electrons. The Morgan fingerprint density at radius 2 is 2.35 bits per heavy atom. The maximum Gasteiger partial charge on any atom is 0.144 e. The topological polar surface area (TPSA) is 47.0 Å². The Hall–Kier alpha value is -0.0800. The molecule has 1 aromatic heterocycles. The summed E-state index contributed by atoms with van der Waals surface area (Å²) >= 11 is 4.22. The smallest absolute Gasteiger partial charge is 0.144 e. The van der Waals surface area contributed by atoms with Gasteiger partial charge < -0.3 is 10.1 Å². The summed E-state index contributed by atoms with van der Waals surface area (Å²) < 4.78 is 6.25. The summed E-state index contributed by atoms with van der Waals surface area (Å²) in [5.74, 6) is 3.08. The van der Waals surface area contributed by atoms with E-state index in [0.29, 0.717) is 11.9 Å². The fourth-order valence-corrected chi connectivity index (χ4v) is 3.71. The van der Waals surface area contributed by atoms with Gasteiger partial charge >= 0.3 is 0 Å². The Labute approximate surface area is 119 Å². The minimum Gasteiger partial charge on any atom is -0.378 e. The van der Waals surface area contributed by atoms with Crippen LogP contribution in [0.2, 0.25) is 0 Å². The second kappa shape index (κ2) is 6.19. The van der Waals surface area contributed by atoms with Crippen molar-refractivity contribution in [2.75, 3.05) is 25.2 Å². The molecular weight excluding hydrogens is 349 g/mol. The van der Waals surface area contributed by atoms with Crippen molar-refractivity contribution in [1.29, 1.82) is 0 Å². The minimum atomic E-state index is 0.453. The standard InChI is InChI=1S/C11H16IN3OS/c1-13-11-9(12)7(6-16-2)14-10(15-11)8-4-3-5-17-8/h8H,3-6H2,1-2H3,(H,13,14,15). The first-order valence-corrected chi connectivity index (χ1v) is 7.73. The Bertz CT molecular complexity index is 397. The fraction of sp³-hybridized carbons (Fsp3) is 0.636. The minimum absolute atomic E-state index is 0.453. The second-order valence-corrected chi connectivity index (χ2v) is 6.27. The van der Waals surface area contributed by atoms with E-state index in [-0.39, 0.29) is 0 Å². The highest BCUT2D eigenvalue weighted by Crippen LogP contribution is 2.39. The maximum absolute atomic E-state index is 5.20. The Balaban J connectivity index is 2.35. The fourth-order valence-electron chi connectivity index (χ4n) is 1.84. The number of halogens is 1. The SMILES string of the molecule is CNc1nc(C2CCCS2)nc(COC)c1I. The highest BCUT2D eigenvalue weighted by atomic mass is 127. The van der Waals surface area contributed by atoms with Crippen molar-refractivity contribution in [2.45, 2.75) is 24.7 Å². The zero-order chi connectivity index (χ0) is 12.3. The summed E-state index contributed by atoms with van der Waals surface area (Å²) in [6, 6.07) is 0. The van der Waals surface area contributed by atoms with Crippen LogP contribution in [0.1, 0.15) is 29.6 Å². The lowest BCUT2D eigenvalue weighted by Gasteiger charge is -2.13. The van der Waals surface area contributed by atoms with Crippen molar-refractivity contribution in [3.63, 3.8) is 0 Å². The molecule has 1 fully saturated rings. The third-order valence-electron chi connectivity index (χ3n) is 2.67. The number of thioether (sulfide) groups is 1. The van der Waals surface area contributed by atoms with Gasteiger partial charge in [0.1, 0.15) is 11.6 Å². The highest BCUT2D eigenvalue weighted by Gasteiger charge is 2.22. The number of rotatable bonds is 4. The van der Waals surface area contributed by atoms with E-state index < -0.39 is 0 Å². The molecule has 0 saturated carbocycles. The largest absolute Gasteiger partial charge is 0.378 e. The van der Waals surface area contributed by atoms with Crippen molar-refractivity contribution >= 4 is 40.2 Å². The zero-order valence-corrected chi connectivity index (χ0v) is 13.0. The van der Waals surface area contributed by atoms with Crippen molar-refractivity contribution in [1.82, 2.24) is 9.97 Å². The normalized spacial score (nSPS) is 19.6. The van der Waals surface area contributed by atoms with Crippen LogP contribution in [0.4, 0.5) is 5.82 Å². The van der Waals surface area contributed by atoms with E-state index >= 15 is 0 Å². The zero-order valence-electron chi connectivity index (χ0n) is 9.99. The molecule has 1 aliphatic rings. The maximum atomic E-state index is 5.20. The van der Waals surface area contributed by atoms with Crippen LogP contribution in [0, 0.1) is 3.57 Å². The van der Waals surface area contributed by atoms with Crippen molar-refractivity contribution in [3.05, 3.63) is 15.1 Å². The molecule has 1 N–H and O–H groups in total. The Kier molecular flexibility index (Phi) is 4.87. The van der Waals surface area contributed by atoms with Crippen LogP contribution in [0.15, 0.2) is 0 Å². The molecule has 2 heterocycles. The number of ether oxygens (including phenoxy) is 1. The molecule has 17 heavy (non-hydrogen) atoms. The quantitative estimate of drug-likeness (QED) is 0.832. The van der Waals surface area contributed by atoms with E-state index in [1.54, 1.807) is 7.11 Å². The van der Waals surface area contributed by atoms with Crippen molar-refractivity contribution in [2.24, 2.45) is 0 Å². The number of methoxy groups -OCH3 is 1. The van der Waals surface area contributed by atoms with Crippen LogP contribution in [-0.4, -0.2) is 29.9 Å². The lowest BCUT2D eigenvalue weighted by molar-refractivity contribution is 0.180. The van der Waals surface area contributed by atoms with Gasteiger partial charge in [0, 0.05) is 14.2 Å². The van der Waals surface area contributed by atoms with Crippen LogP contribution < -0.4 is 5.32 Å². The van der Waals surface area contributed by atoms with Crippen LogP contribution in [0.3, 0.4) is 0 Å². The Morgan fingerprint density at radius 1 is 1.53 bits per heavy atom. The van der Waals surface area contributed by atoms with E-state index in [1.807, 2.05) is 18.8 Å². The highest BCUT2D eigenvalue weighted by molar-refractivity contribution is 14.1. The van der Waals surface area contributed by atoms with Gasteiger partial charge in [-0.3, -0.25) is 0 Å². The number of nitrogens with zero attached hydrogens (tertiary/aromatic N) is 2. The lowest BCUT2D eigenvalue weighted by atomic mass is 10.2. The molecule has 1 atom stereocenters. The third-order valence-corrected chi connectivity index (χ3v) is 5.18. The molecular formula is C11H16IN3OS. The van der Waals surface area contributed by atoms with Crippen molar-refractivity contribution < 1.29 is 4.74 Å². The molecule has 0 bridgehead atoms. The number of anilines is 1. The average Bonchev–Trinajstić information content (AvgIpc) is 2.85. The summed E-state index contributed by atoms with van der Waals surface area (Å²) in [5, 5.41) is 3.59. The number of nitrogens with one attached hydrogen (secondary N) is 1. The Morgan fingerprint density at radius 3 is 2.94 bits per heavy atom. The molecule has 2 rings (SSSR count). The predicted molar refractivity (Wildman–Crippen MR) is 79.4 cm³/mol. The summed E-state index contributed by atoms with van der Waals surface area (Å²) in [7, 11) is 3.59. The van der Waals surface area contributed by atoms with E-state index in [2.05, 4.69) is 37.9 Å². The molecule has 6 heteroatoms. The average molecular weight is 365 g/mol.